The fourth-order valence-corrected chi connectivity index (χ4v) is 5.78. The standard InChI is InChI=1S/C24H25NO5S/c26-22(25(20-11-5-2-6-12-20)21-13-16-31(28,29)18-21)17-30-23(27)24(14-7-8-15-24)19-9-3-1-4-10-19/h1-6,9-13,16,21H,7-8,14-15,17-18H2. The van der Waals surface area contributed by atoms with Crippen molar-refractivity contribution in [2.75, 3.05) is 17.3 Å². The van der Waals surface area contributed by atoms with Crippen LogP contribution in [0.2, 0.25) is 0 Å². The molecule has 1 amide bonds. The van der Waals surface area contributed by atoms with Crippen LogP contribution in [0.5, 0.6) is 0 Å². The molecule has 2 aliphatic rings. The van der Waals surface area contributed by atoms with Gasteiger partial charge in [-0.25, -0.2) is 8.42 Å². The quantitative estimate of drug-likeness (QED) is 0.645. The molecule has 0 spiro atoms. The maximum atomic E-state index is 13.2. The summed E-state index contributed by atoms with van der Waals surface area (Å²) in [7, 11) is -3.35. The lowest BCUT2D eigenvalue weighted by molar-refractivity contribution is -0.153. The van der Waals surface area contributed by atoms with Crippen LogP contribution in [0.4, 0.5) is 5.69 Å². The molecule has 2 aromatic carbocycles. The van der Waals surface area contributed by atoms with E-state index in [1.807, 2.05) is 36.4 Å². The van der Waals surface area contributed by atoms with Gasteiger partial charge < -0.3 is 9.64 Å². The summed E-state index contributed by atoms with van der Waals surface area (Å²) in [5, 5.41) is 1.13. The summed E-state index contributed by atoms with van der Waals surface area (Å²) >= 11 is 0. The van der Waals surface area contributed by atoms with Gasteiger partial charge in [0.15, 0.2) is 16.4 Å². The number of nitrogens with zero attached hydrogens (tertiary/aromatic N) is 1. The number of hydrogen-bond acceptors (Lipinski definition) is 5. The van der Waals surface area contributed by atoms with E-state index in [0.717, 1.165) is 23.8 Å². The predicted octanol–water partition coefficient (Wildman–Crippen LogP) is 3.39. The number of carbonyl (C=O) groups excluding carboxylic acids is 2. The molecule has 0 aromatic heterocycles. The second kappa shape index (κ2) is 8.67. The minimum absolute atomic E-state index is 0.185. The van der Waals surface area contributed by atoms with Crippen LogP contribution in [0.25, 0.3) is 0 Å². The molecular formula is C24H25NO5S. The van der Waals surface area contributed by atoms with E-state index in [4.69, 9.17) is 4.74 Å². The number of rotatable bonds is 6. The lowest BCUT2D eigenvalue weighted by Crippen LogP contribution is -2.44. The second-order valence-corrected chi connectivity index (χ2v) is 9.99. The first kappa shape index (κ1) is 21.3. The minimum atomic E-state index is -3.35. The van der Waals surface area contributed by atoms with Gasteiger partial charge in [-0.05, 0) is 36.6 Å². The zero-order valence-electron chi connectivity index (χ0n) is 17.1. The first-order chi connectivity index (χ1) is 14.9. The van der Waals surface area contributed by atoms with Crippen LogP contribution in [0.1, 0.15) is 31.2 Å². The van der Waals surface area contributed by atoms with Crippen molar-refractivity contribution in [2.45, 2.75) is 37.1 Å². The summed E-state index contributed by atoms with van der Waals surface area (Å²) < 4.78 is 29.4. The topological polar surface area (TPSA) is 80.8 Å². The third-order valence-corrected chi connectivity index (χ3v) is 7.42. The molecule has 0 radical (unpaired) electrons. The molecule has 1 atom stereocenters. The maximum absolute atomic E-state index is 13.2. The Morgan fingerprint density at radius 1 is 0.968 bits per heavy atom. The Hall–Kier alpha value is -2.93. The highest BCUT2D eigenvalue weighted by molar-refractivity contribution is 7.94. The SMILES string of the molecule is O=C(COC(=O)C1(c2ccccc2)CCCC1)N(c1ccccc1)C1C=CS(=O)(=O)C1. The van der Waals surface area contributed by atoms with E-state index in [1.165, 1.54) is 11.0 Å². The number of amides is 1. The summed E-state index contributed by atoms with van der Waals surface area (Å²) in [5.41, 5.74) is 0.749. The maximum Gasteiger partial charge on any atom is 0.317 e. The average Bonchev–Trinajstić information content (AvgIpc) is 3.41. The van der Waals surface area contributed by atoms with Crippen LogP contribution in [0.15, 0.2) is 72.1 Å². The van der Waals surface area contributed by atoms with Gasteiger partial charge in [0.2, 0.25) is 0 Å². The van der Waals surface area contributed by atoms with Crippen LogP contribution in [-0.4, -0.2) is 38.7 Å². The van der Waals surface area contributed by atoms with Gasteiger partial charge >= 0.3 is 5.97 Å². The van der Waals surface area contributed by atoms with Gasteiger partial charge in [-0.2, -0.15) is 0 Å². The number of benzene rings is 2. The van der Waals surface area contributed by atoms with Crippen LogP contribution in [-0.2, 0) is 29.6 Å². The van der Waals surface area contributed by atoms with E-state index in [2.05, 4.69) is 0 Å². The highest BCUT2D eigenvalue weighted by atomic mass is 32.2. The third kappa shape index (κ3) is 4.42. The zero-order valence-corrected chi connectivity index (χ0v) is 18.0. The second-order valence-electron chi connectivity index (χ2n) is 8.06. The Kier molecular flexibility index (Phi) is 5.96. The summed E-state index contributed by atoms with van der Waals surface area (Å²) in [4.78, 5) is 27.7. The number of sulfone groups is 1. The molecule has 31 heavy (non-hydrogen) atoms. The van der Waals surface area contributed by atoms with Crippen LogP contribution in [0, 0.1) is 0 Å². The van der Waals surface area contributed by atoms with Crippen molar-refractivity contribution in [1.29, 1.82) is 0 Å². The summed E-state index contributed by atoms with van der Waals surface area (Å²) in [6, 6.07) is 17.8. The van der Waals surface area contributed by atoms with Crippen molar-refractivity contribution in [2.24, 2.45) is 0 Å². The van der Waals surface area contributed by atoms with E-state index in [1.54, 1.807) is 24.3 Å². The molecular weight excluding hydrogens is 414 g/mol. The molecule has 4 rings (SSSR count). The van der Waals surface area contributed by atoms with Crippen LogP contribution >= 0.6 is 0 Å². The molecule has 1 saturated carbocycles. The largest absolute Gasteiger partial charge is 0.455 e. The molecule has 7 heteroatoms. The zero-order chi connectivity index (χ0) is 21.9. The number of para-hydroxylation sites is 1. The van der Waals surface area contributed by atoms with E-state index in [-0.39, 0.29) is 5.75 Å². The van der Waals surface area contributed by atoms with Crippen molar-refractivity contribution in [3.05, 3.63) is 77.7 Å². The molecule has 162 valence electrons. The van der Waals surface area contributed by atoms with Gasteiger partial charge in [0, 0.05) is 11.1 Å². The predicted molar refractivity (Wildman–Crippen MR) is 118 cm³/mol. The van der Waals surface area contributed by atoms with Crippen molar-refractivity contribution in [1.82, 2.24) is 0 Å². The van der Waals surface area contributed by atoms with Gasteiger partial charge in [0.25, 0.3) is 5.91 Å². The summed E-state index contributed by atoms with van der Waals surface area (Å²) in [6.45, 7) is -0.438. The van der Waals surface area contributed by atoms with Gasteiger partial charge in [-0.15, -0.1) is 0 Å². The van der Waals surface area contributed by atoms with E-state index < -0.39 is 39.8 Å². The highest BCUT2D eigenvalue weighted by Crippen LogP contribution is 2.42. The number of carbonyl (C=O) groups is 2. The summed E-state index contributed by atoms with van der Waals surface area (Å²) in [5.74, 6) is -1.03. The van der Waals surface area contributed by atoms with Crippen LogP contribution < -0.4 is 4.90 Å². The van der Waals surface area contributed by atoms with Crippen molar-refractivity contribution in [3.8, 4) is 0 Å². The van der Waals surface area contributed by atoms with E-state index in [0.29, 0.717) is 18.5 Å². The van der Waals surface area contributed by atoms with E-state index >= 15 is 0 Å². The lowest BCUT2D eigenvalue weighted by Gasteiger charge is -2.30. The third-order valence-electron chi connectivity index (χ3n) is 6.05. The molecule has 6 nitrogen and oxygen atoms in total. The number of hydrogen-bond donors (Lipinski definition) is 0. The van der Waals surface area contributed by atoms with Crippen molar-refractivity contribution < 1.29 is 22.7 Å². The number of ether oxygens (including phenoxy) is 1. The molecule has 0 saturated heterocycles. The first-order valence-electron chi connectivity index (χ1n) is 10.4. The lowest BCUT2D eigenvalue weighted by atomic mass is 9.79. The Morgan fingerprint density at radius 3 is 2.16 bits per heavy atom. The monoisotopic (exact) mass is 439 g/mol. The van der Waals surface area contributed by atoms with Gasteiger partial charge in [0.05, 0.1) is 17.2 Å². The molecule has 1 heterocycles. The molecule has 0 bridgehead atoms. The molecule has 1 unspecified atom stereocenters. The average molecular weight is 440 g/mol. The Labute approximate surface area is 182 Å². The fraction of sp³-hybridized carbons (Fsp3) is 0.333. The highest BCUT2D eigenvalue weighted by Gasteiger charge is 2.44. The number of anilines is 1. The normalized spacial score (nSPS) is 21.0. The van der Waals surface area contributed by atoms with Gasteiger partial charge in [-0.1, -0.05) is 61.4 Å². The molecule has 2 aromatic rings. The Morgan fingerprint density at radius 2 is 1.58 bits per heavy atom. The summed E-state index contributed by atoms with van der Waals surface area (Å²) in [6.07, 6.45) is 4.74. The molecule has 0 N–H and O–H groups in total. The van der Waals surface area contributed by atoms with Gasteiger partial charge in [0.1, 0.15) is 0 Å². The van der Waals surface area contributed by atoms with Crippen molar-refractivity contribution in [3.63, 3.8) is 0 Å². The molecule has 1 fully saturated rings. The fourth-order valence-electron chi connectivity index (χ4n) is 4.51. The van der Waals surface area contributed by atoms with Crippen LogP contribution in [0.3, 0.4) is 0 Å². The van der Waals surface area contributed by atoms with Crippen molar-refractivity contribution >= 4 is 27.4 Å². The minimum Gasteiger partial charge on any atom is -0.455 e. The Balaban J connectivity index is 1.53. The molecule has 1 aliphatic heterocycles. The molecule has 1 aliphatic carbocycles. The smallest absolute Gasteiger partial charge is 0.317 e. The number of esters is 1. The van der Waals surface area contributed by atoms with E-state index in [9.17, 15) is 18.0 Å². The Bertz CT molecular complexity index is 1070. The first-order valence-corrected chi connectivity index (χ1v) is 12.1. The van der Waals surface area contributed by atoms with Gasteiger partial charge in [-0.3, -0.25) is 9.59 Å².